The van der Waals surface area contributed by atoms with Crippen LogP contribution in [-0.4, -0.2) is 37.6 Å². The molecule has 0 aliphatic carbocycles. The van der Waals surface area contributed by atoms with Crippen molar-refractivity contribution in [2.45, 2.75) is 12.8 Å². The van der Waals surface area contributed by atoms with Crippen LogP contribution in [0.5, 0.6) is 0 Å². The maximum absolute atomic E-state index is 12.9. The van der Waals surface area contributed by atoms with E-state index in [1.807, 2.05) is 12.1 Å². The second-order valence-electron chi connectivity index (χ2n) is 5.89. The first-order valence-electron chi connectivity index (χ1n) is 8.08. The van der Waals surface area contributed by atoms with Crippen molar-refractivity contribution >= 4 is 5.69 Å². The van der Waals surface area contributed by atoms with E-state index in [1.165, 1.54) is 11.3 Å². The Morgan fingerprint density at radius 2 is 1.50 bits per heavy atom. The van der Waals surface area contributed by atoms with Gasteiger partial charge in [-0.05, 0) is 49.2 Å². The molecule has 3 heteroatoms. The van der Waals surface area contributed by atoms with E-state index >= 15 is 0 Å². The zero-order valence-electron chi connectivity index (χ0n) is 12.9. The molecule has 1 aliphatic heterocycles. The molecule has 1 saturated heterocycles. The first-order valence-corrected chi connectivity index (χ1v) is 8.08. The van der Waals surface area contributed by atoms with Crippen LogP contribution in [0.15, 0.2) is 54.6 Å². The third kappa shape index (κ3) is 4.08. The largest absolute Gasteiger partial charge is 0.369 e. The normalized spacial score (nSPS) is 16.0. The molecule has 0 saturated carbocycles. The summed E-state index contributed by atoms with van der Waals surface area (Å²) < 4.78 is 12.9. The van der Waals surface area contributed by atoms with Gasteiger partial charge in [-0.1, -0.05) is 30.3 Å². The van der Waals surface area contributed by atoms with Gasteiger partial charge in [0, 0.05) is 31.9 Å². The number of anilines is 1. The minimum absolute atomic E-state index is 0.152. The lowest BCUT2D eigenvalue weighted by Crippen LogP contribution is -2.46. The van der Waals surface area contributed by atoms with Crippen molar-refractivity contribution in [2.75, 3.05) is 37.6 Å². The van der Waals surface area contributed by atoms with Gasteiger partial charge in [-0.2, -0.15) is 0 Å². The van der Waals surface area contributed by atoms with E-state index in [9.17, 15) is 4.39 Å². The van der Waals surface area contributed by atoms with E-state index in [2.05, 4.69) is 40.1 Å². The predicted molar refractivity (Wildman–Crippen MR) is 89.8 cm³/mol. The third-order valence-electron chi connectivity index (χ3n) is 4.35. The van der Waals surface area contributed by atoms with Gasteiger partial charge < -0.3 is 4.90 Å². The summed E-state index contributed by atoms with van der Waals surface area (Å²) in [5.74, 6) is -0.152. The summed E-state index contributed by atoms with van der Waals surface area (Å²) >= 11 is 0. The number of benzene rings is 2. The first kappa shape index (κ1) is 15.0. The predicted octanol–water partition coefficient (Wildman–Crippen LogP) is 3.58. The van der Waals surface area contributed by atoms with Crippen LogP contribution in [0, 0.1) is 5.82 Å². The van der Waals surface area contributed by atoms with Crippen molar-refractivity contribution in [3.05, 3.63) is 66.0 Å². The number of aryl methyl sites for hydroxylation is 1. The molecule has 1 heterocycles. The van der Waals surface area contributed by atoms with Crippen molar-refractivity contribution in [3.63, 3.8) is 0 Å². The second-order valence-corrected chi connectivity index (χ2v) is 5.89. The van der Waals surface area contributed by atoms with Gasteiger partial charge in [-0.3, -0.25) is 4.90 Å². The Hall–Kier alpha value is -1.87. The molecule has 0 spiro atoms. The number of hydrogen-bond donors (Lipinski definition) is 0. The summed E-state index contributed by atoms with van der Waals surface area (Å²) in [6.45, 7) is 5.57. The molecule has 0 bridgehead atoms. The zero-order valence-corrected chi connectivity index (χ0v) is 12.9. The number of para-hydroxylation sites is 1. The highest BCUT2D eigenvalue weighted by Gasteiger charge is 2.16. The minimum atomic E-state index is -0.152. The Morgan fingerprint density at radius 1 is 0.818 bits per heavy atom. The Labute approximate surface area is 132 Å². The molecule has 116 valence electrons. The molecular formula is C19H23FN2. The van der Waals surface area contributed by atoms with Gasteiger partial charge >= 0.3 is 0 Å². The van der Waals surface area contributed by atoms with Crippen LogP contribution in [0.3, 0.4) is 0 Å². The standard InChI is InChI=1S/C19H23FN2/c20-18-10-8-17(9-11-18)5-4-12-21-13-15-22(16-14-21)19-6-2-1-3-7-19/h1-3,6-11H,4-5,12-16H2. The number of rotatable bonds is 5. The summed E-state index contributed by atoms with van der Waals surface area (Å²) in [6.07, 6.45) is 2.16. The molecule has 22 heavy (non-hydrogen) atoms. The summed E-state index contributed by atoms with van der Waals surface area (Å²) in [5.41, 5.74) is 2.55. The molecule has 1 aliphatic rings. The van der Waals surface area contributed by atoms with E-state index in [0.717, 1.165) is 45.6 Å². The second kappa shape index (κ2) is 7.41. The van der Waals surface area contributed by atoms with Crippen LogP contribution in [0.25, 0.3) is 0 Å². The number of nitrogens with zero attached hydrogens (tertiary/aromatic N) is 2. The van der Waals surface area contributed by atoms with Gasteiger partial charge in [-0.25, -0.2) is 4.39 Å². The fourth-order valence-electron chi connectivity index (χ4n) is 3.03. The van der Waals surface area contributed by atoms with Crippen molar-refractivity contribution in [3.8, 4) is 0 Å². The molecule has 0 amide bonds. The SMILES string of the molecule is Fc1ccc(CCCN2CCN(c3ccccc3)CC2)cc1. The molecule has 2 nitrogen and oxygen atoms in total. The van der Waals surface area contributed by atoms with Crippen LogP contribution in [0.2, 0.25) is 0 Å². The van der Waals surface area contributed by atoms with Gasteiger partial charge in [0.2, 0.25) is 0 Å². The molecule has 0 aromatic heterocycles. The van der Waals surface area contributed by atoms with Gasteiger partial charge in [0.1, 0.15) is 5.82 Å². The molecule has 2 aromatic carbocycles. The fourth-order valence-corrected chi connectivity index (χ4v) is 3.03. The van der Waals surface area contributed by atoms with Crippen LogP contribution in [-0.2, 0) is 6.42 Å². The minimum Gasteiger partial charge on any atom is -0.369 e. The van der Waals surface area contributed by atoms with Crippen LogP contribution in [0.4, 0.5) is 10.1 Å². The summed E-state index contributed by atoms with van der Waals surface area (Å²) in [7, 11) is 0. The maximum atomic E-state index is 12.9. The van der Waals surface area contributed by atoms with Gasteiger partial charge in [0.05, 0.1) is 0 Å². The van der Waals surface area contributed by atoms with Gasteiger partial charge in [0.25, 0.3) is 0 Å². The van der Waals surface area contributed by atoms with E-state index in [0.29, 0.717) is 0 Å². The van der Waals surface area contributed by atoms with E-state index in [1.54, 1.807) is 12.1 Å². The highest BCUT2D eigenvalue weighted by molar-refractivity contribution is 5.46. The van der Waals surface area contributed by atoms with Crippen LogP contribution in [0.1, 0.15) is 12.0 Å². The van der Waals surface area contributed by atoms with E-state index in [4.69, 9.17) is 0 Å². The smallest absolute Gasteiger partial charge is 0.123 e. The highest BCUT2D eigenvalue weighted by Crippen LogP contribution is 2.15. The quantitative estimate of drug-likeness (QED) is 0.832. The lowest BCUT2D eigenvalue weighted by atomic mass is 10.1. The number of piperazine rings is 1. The van der Waals surface area contributed by atoms with Gasteiger partial charge in [-0.15, -0.1) is 0 Å². The number of halogens is 1. The Kier molecular flexibility index (Phi) is 5.07. The Bertz CT molecular complexity index is 560. The molecule has 1 fully saturated rings. The average Bonchev–Trinajstić information content (AvgIpc) is 2.58. The van der Waals surface area contributed by atoms with Crippen molar-refractivity contribution in [2.24, 2.45) is 0 Å². The van der Waals surface area contributed by atoms with Crippen molar-refractivity contribution in [1.29, 1.82) is 0 Å². The molecule has 0 radical (unpaired) electrons. The molecule has 0 unspecified atom stereocenters. The van der Waals surface area contributed by atoms with E-state index < -0.39 is 0 Å². The summed E-state index contributed by atoms with van der Waals surface area (Å²) in [5, 5.41) is 0. The monoisotopic (exact) mass is 298 g/mol. The molecule has 2 aromatic rings. The van der Waals surface area contributed by atoms with Crippen LogP contribution < -0.4 is 4.90 Å². The van der Waals surface area contributed by atoms with Crippen molar-refractivity contribution in [1.82, 2.24) is 4.90 Å². The summed E-state index contributed by atoms with van der Waals surface area (Å²) in [6, 6.07) is 17.5. The summed E-state index contributed by atoms with van der Waals surface area (Å²) in [4.78, 5) is 4.99. The molecule has 0 N–H and O–H groups in total. The lowest BCUT2D eigenvalue weighted by molar-refractivity contribution is 0.255. The Balaban J connectivity index is 1.40. The Morgan fingerprint density at radius 3 is 2.18 bits per heavy atom. The van der Waals surface area contributed by atoms with Crippen molar-refractivity contribution < 1.29 is 4.39 Å². The molecular weight excluding hydrogens is 275 g/mol. The topological polar surface area (TPSA) is 6.48 Å². The van der Waals surface area contributed by atoms with E-state index in [-0.39, 0.29) is 5.82 Å². The number of hydrogen-bond acceptors (Lipinski definition) is 2. The zero-order chi connectivity index (χ0) is 15.2. The third-order valence-corrected chi connectivity index (χ3v) is 4.35. The first-order chi connectivity index (χ1) is 10.8. The lowest BCUT2D eigenvalue weighted by Gasteiger charge is -2.36. The average molecular weight is 298 g/mol. The maximum Gasteiger partial charge on any atom is 0.123 e. The fraction of sp³-hybridized carbons (Fsp3) is 0.368. The molecule has 0 atom stereocenters. The molecule has 3 rings (SSSR count). The van der Waals surface area contributed by atoms with Crippen LogP contribution >= 0.6 is 0 Å². The highest BCUT2D eigenvalue weighted by atomic mass is 19.1. The van der Waals surface area contributed by atoms with Gasteiger partial charge in [0.15, 0.2) is 0 Å².